The molecule has 1 amide bonds. The van der Waals surface area contributed by atoms with Crippen molar-refractivity contribution in [1.82, 2.24) is 9.78 Å². The Balaban J connectivity index is 2.04. The van der Waals surface area contributed by atoms with Crippen LogP contribution in [0.2, 0.25) is 0 Å². The fourth-order valence-electron chi connectivity index (χ4n) is 2.80. The van der Waals surface area contributed by atoms with Gasteiger partial charge < -0.3 is 19.5 Å². The number of hydrogen-bond donors (Lipinski definition) is 1. The number of carbonyl (C=O) groups is 1. The van der Waals surface area contributed by atoms with Crippen LogP contribution in [0.1, 0.15) is 16.1 Å². The Morgan fingerprint density at radius 1 is 1.00 bits per heavy atom. The molecule has 0 saturated heterocycles. The Kier molecular flexibility index (Phi) is 6.01. The van der Waals surface area contributed by atoms with Crippen LogP contribution in [0.25, 0.3) is 5.69 Å². The zero-order valence-corrected chi connectivity index (χ0v) is 16.9. The van der Waals surface area contributed by atoms with Crippen molar-refractivity contribution >= 4 is 11.6 Å². The average Bonchev–Trinajstić information content (AvgIpc) is 2.75. The maximum atomic E-state index is 13.5. The van der Waals surface area contributed by atoms with Gasteiger partial charge in [-0.25, -0.2) is 4.39 Å². The number of hydrogen-bond acceptors (Lipinski definition) is 6. The maximum Gasteiger partial charge on any atom is 0.280 e. The molecule has 3 aromatic rings. The quantitative estimate of drug-likeness (QED) is 0.668. The Morgan fingerprint density at radius 3 is 2.37 bits per heavy atom. The second-order valence-electron chi connectivity index (χ2n) is 6.27. The van der Waals surface area contributed by atoms with Gasteiger partial charge in [0.15, 0.2) is 17.2 Å². The van der Waals surface area contributed by atoms with E-state index in [0.29, 0.717) is 28.4 Å². The molecule has 1 heterocycles. The number of ether oxygens (including phenoxy) is 3. The smallest absolute Gasteiger partial charge is 0.280 e. The molecule has 0 aliphatic rings. The van der Waals surface area contributed by atoms with Crippen LogP contribution in [0, 0.1) is 12.7 Å². The summed E-state index contributed by atoms with van der Waals surface area (Å²) in [7, 11) is 4.38. The van der Waals surface area contributed by atoms with Gasteiger partial charge in [0.25, 0.3) is 5.91 Å². The van der Waals surface area contributed by atoms with Gasteiger partial charge in [0, 0.05) is 11.8 Å². The first-order chi connectivity index (χ1) is 14.4. The molecule has 0 unspecified atom stereocenters. The summed E-state index contributed by atoms with van der Waals surface area (Å²) < 4.78 is 30.5. The van der Waals surface area contributed by atoms with Gasteiger partial charge in [0.05, 0.1) is 33.1 Å². The van der Waals surface area contributed by atoms with Crippen LogP contribution in [0.3, 0.4) is 0 Å². The van der Waals surface area contributed by atoms with Gasteiger partial charge in [-0.2, -0.15) is 9.78 Å². The van der Waals surface area contributed by atoms with Crippen molar-refractivity contribution in [2.24, 2.45) is 0 Å². The lowest BCUT2D eigenvalue weighted by Crippen LogP contribution is -2.26. The highest BCUT2D eigenvalue weighted by Gasteiger charge is 2.18. The SMILES string of the molecule is COc1ccc(-n2nc(C(=O)Nc3ccc(F)c(C)c3)c(=O)cc2OC)cc1OC. The van der Waals surface area contributed by atoms with E-state index < -0.39 is 17.2 Å². The van der Waals surface area contributed by atoms with Gasteiger partial charge >= 0.3 is 0 Å². The van der Waals surface area contributed by atoms with Gasteiger partial charge in [-0.15, -0.1) is 0 Å². The third kappa shape index (κ3) is 4.09. The summed E-state index contributed by atoms with van der Waals surface area (Å²) in [6.45, 7) is 1.57. The average molecular weight is 413 g/mol. The molecule has 0 bridgehead atoms. The summed E-state index contributed by atoms with van der Waals surface area (Å²) in [6.07, 6.45) is 0. The lowest BCUT2D eigenvalue weighted by molar-refractivity contribution is 0.101. The summed E-state index contributed by atoms with van der Waals surface area (Å²) in [4.78, 5) is 25.1. The van der Waals surface area contributed by atoms with Crippen LogP contribution >= 0.6 is 0 Å². The first-order valence-corrected chi connectivity index (χ1v) is 8.86. The standard InChI is InChI=1S/C21H20FN3O5/c1-12-9-13(5-7-15(12)22)23-21(27)20-16(26)11-19(30-4)25(24-20)14-6-8-17(28-2)18(10-14)29-3/h5-11H,1-4H3,(H,23,27). The molecule has 2 aromatic carbocycles. The summed E-state index contributed by atoms with van der Waals surface area (Å²) >= 11 is 0. The van der Waals surface area contributed by atoms with E-state index in [0.717, 1.165) is 6.07 Å². The number of benzene rings is 2. The third-order valence-electron chi connectivity index (χ3n) is 4.35. The molecule has 0 radical (unpaired) electrons. The molecular formula is C21H20FN3O5. The van der Waals surface area contributed by atoms with Crippen molar-refractivity contribution in [3.05, 3.63) is 69.8 Å². The van der Waals surface area contributed by atoms with E-state index in [1.165, 1.54) is 44.2 Å². The molecule has 30 heavy (non-hydrogen) atoms. The zero-order chi connectivity index (χ0) is 21.8. The lowest BCUT2D eigenvalue weighted by Gasteiger charge is -2.15. The van der Waals surface area contributed by atoms with Crippen LogP contribution < -0.4 is 25.0 Å². The Hall–Kier alpha value is -3.88. The van der Waals surface area contributed by atoms with Crippen LogP contribution in [0.4, 0.5) is 10.1 Å². The van der Waals surface area contributed by atoms with Gasteiger partial charge in [0.1, 0.15) is 5.82 Å². The Morgan fingerprint density at radius 2 is 1.73 bits per heavy atom. The highest BCUT2D eigenvalue weighted by molar-refractivity contribution is 6.02. The largest absolute Gasteiger partial charge is 0.493 e. The van der Waals surface area contributed by atoms with Crippen molar-refractivity contribution in [3.8, 4) is 23.1 Å². The van der Waals surface area contributed by atoms with E-state index in [-0.39, 0.29) is 11.6 Å². The minimum Gasteiger partial charge on any atom is -0.493 e. The number of halogens is 1. The molecule has 1 N–H and O–H groups in total. The molecule has 0 aliphatic heterocycles. The highest BCUT2D eigenvalue weighted by Crippen LogP contribution is 2.30. The second-order valence-corrected chi connectivity index (χ2v) is 6.27. The highest BCUT2D eigenvalue weighted by atomic mass is 19.1. The molecule has 0 saturated carbocycles. The van der Waals surface area contributed by atoms with Gasteiger partial charge in [-0.3, -0.25) is 9.59 Å². The lowest BCUT2D eigenvalue weighted by atomic mass is 10.2. The van der Waals surface area contributed by atoms with E-state index in [1.54, 1.807) is 25.1 Å². The van der Waals surface area contributed by atoms with Crippen molar-refractivity contribution < 1.29 is 23.4 Å². The van der Waals surface area contributed by atoms with E-state index in [4.69, 9.17) is 14.2 Å². The summed E-state index contributed by atoms with van der Waals surface area (Å²) in [6, 6.07) is 10.2. The van der Waals surface area contributed by atoms with E-state index >= 15 is 0 Å². The molecule has 3 rings (SSSR count). The van der Waals surface area contributed by atoms with E-state index in [1.807, 2.05) is 0 Å². The summed E-state index contributed by atoms with van der Waals surface area (Å²) in [5.41, 5.74) is 0.204. The van der Waals surface area contributed by atoms with Crippen molar-refractivity contribution in [1.29, 1.82) is 0 Å². The molecule has 0 aliphatic carbocycles. The third-order valence-corrected chi connectivity index (χ3v) is 4.35. The molecule has 8 nitrogen and oxygen atoms in total. The molecular weight excluding hydrogens is 393 g/mol. The molecule has 0 atom stereocenters. The van der Waals surface area contributed by atoms with Gasteiger partial charge in [-0.05, 0) is 42.8 Å². The molecule has 156 valence electrons. The predicted octanol–water partition coefficient (Wildman–Crippen LogP) is 2.96. The Labute approximate surface area is 171 Å². The fraction of sp³-hybridized carbons (Fsp3) is 0.190. The number of nitrogens with zero attached hydrogens (tertiary/aromatic N) is 2. The van der Waals surface area contributed by atoms with Gasteiger partial charge in [-0.1, -0.05) is 0 Å². The molecule has 0 fully saturated rings. The monoisotopic (exact) mass is 413 g/mol. The zero-order valence-electron chi connectivity index (χ0n) is 16.9. The molecule has 9 heteroatoms. The van der Waals surface area contributed by atoms with Crippen LogP contribution in [-0.4, -0.2) is 37.0 Å². The molecule has 1 aromatic heterocycles. The Bertz CT molecular complexity index is 1160. The number of anilines is 1. The first-order valence-electron chi connectivity index (χ1n) is 8.86. The first kappa shape index (κ1) is 20.8. The number of methoxy groups -OCH3 is 3. The normalized spacial score (nSPS) is 10.4. The minimum atomic E-state index is -0.733. The molecule has 0 spiro atoms. The van der Waals surface area contributed by atoms with E-state index in [2.05, 4.69) is 10.4 Å². The summed E-state index contributed by atoms with van der Waals surface area (Å²) in [5.74, 6) is -0.0630. The topological polar surface area (TPSA) is 91.7 Å². The van der Waals surface area contributed by atoms with Gasteiger partial charge in [0.2, 0.25) is 11.3 Å². The second kappa shape index (κ2) is 8.64. The minimum absolute atomic E-state index is 0.126. The fourth-order valence-corrected chi connectivity index (χ4v) is 2.80. The number of aryl methyl sites for hydroxylation is 1. The number of aromatic nitrogens is 2. The van der Waals surface area contributed by atoms with Crippen molar-refractivity contribution in [2.75, 3.05) is 26.6 Å². The summed E-state index contributed by atoms with van der Waals surface area (Å²) in [5, 5.41) is 6.73. The van der Waals surface area contributed by atoms with Crippen LogP contribution in [0.5, 0.6) is 17.4 Å². The van der Waals surface area contributed by atoms with E-state index in [9.17, 15) is 14.0 Å². The van der Waals surface area contributed by atoms with Crippen LogP contribution in [-0.2, 0) is 0 Å². The number of amides is 1. The number of nitrogens with one attached hydrogen (secondary N) is 1. The number of carbonyl (C=O) groups excluding carboxylic acids is 1. The van der Waals surface area contributed by atoms with Crippen molar-refractivity contribution in [3.63, 3.8) is 0 Å². The van der Waals surface area contributed by atoms with Crippen molar-refractivity contribution in [2.45, 2.75) is 6.92 Å². The van der Waals surface area contributed by atoms with Crippen LogP contribution in [0.15, 0.2) is 47.3 Å². The number of rotatable bonds is 6. The predicted molar refractivity (Wildman–Crippen MR) is 109 cm³/mol. The maximum absolute atomic E-state index is 13.5.